The van der Waals surface area contributed by atoms with Gasteiger partial charge in [0.15, 0.2) is 0 Å². The average Bonchev–Trinajstić information content (AvgIpc) is 2.80. The van der Waals surface area contributed by atoms with Crippen molar-refractivity contribution in [1.29, 1.82) is 5.41 Å². The predicted molar refractivity (Wildman–Crippen MR) is 147 cm³/mol. The lowest BCUT2D eigenvalue weighted by Crippen LogP contribution is -2.44. The van der Waals surface area contributed by atoms with Gasteiger partial charge in [-0.15, -0.1) is 11.8 Å². The number of carbonyl (C=O) groups excluding carboxylic acids is 1. The highest BCUT2D eigenvalue weighted by molar-refractivity contribution is 8.00. The van der Waals surface area contributed by atoms with Gasteiger partial charge in [-0.1, -0.05) is 12.1 Å². The van der Waals surface area contributed by atoms with Gasteiger partial charge in [-0.25, -0.2) is 0 Å². The number of pyridine rings is 1. The topological polar surface area (TPSA) is 99.1 Å². The van der Waals surface area contributed by atoms with Gasteiger partial charge in [0.25, 0.3) is 0 Å². The van der Waals surface area contributed by atoms with Crippen LogP contribution in [-0.2, 0) is 11.2 Å². The molecule has 0 radical (unpaired) electrons. The molecule has 1 aliphatic heterocycles. The first-order valence-corrected chi connectivity index (χ1v) is 12.9. The molecular weight excluding hydrogens is 470 g/mol. The number of amides is 1. The van der Waals surface area contributed by atoms with E-state index in [1.54, 1.807) is 12.4 Å². The van der Waals surface area contributed by atoms with Gasteiger partial charge in [0.05, 0.1) is 17.6 Å². The van der Waals surface area contributed by atoms with E-state index in [1.807, 2.05) is 69.8 Å². The Kier molecular flexibility index (Phi) is 7.96. The van der Waals surface area contributed by atoms with Gasteiger partial charge in [-0.3, -0.25) is 9.78 Å². The highest BCUT2D eigenvalue weighted by atomic mass is 32.2. The smallest absolute Gasteiger partial charge is 0.228 e. The maximum atomic E-state index is 12.5. The second-order valence-electron chi connectivity index (χ2n) is 9.95. The van der Waals surface area contributed by atoms with Crippen molar-refractivity contribution >= 4 is 34.8 Å². The molecule has 2 heterocycles. The van der Waals surface area contributed by atoms with Crippen LogP contribution in [0.5, 0.6) is 11.5 Å². The van der Waals surface area contributed by atoms with Crippen molar-refractivity contribution in [2.75, 3.05) is 13.1 Å². The molecule has 1 amide bonds. The molecule has 1 fully saturated rings. The van der Waals surface area contributed by atoms with Crippen LogP contribution in [0.1, 0.15) is 31.9 Å². The first-order chi connectivity index (χ1) is 17.2. The maximum absolute atomic E-state index is 12.5. The Morgan fingerprint density at radius 2 is 2.00 bits per heavy atom. The lowest BCUT2D eigenvalue weighted by Gasteiger charge is -2.26. The molecule has 4 rings (SSSR count). The van der Waals surface area contributed by atoms with Crippen LogP contribution in [0.2, 0.25) is 0 Å². The summed E-state index contributed by atoms with van der Waals surface area (Å²) < 4.78 is 6.32. The number of rotatable bonds is 9. The third-order valence-electron chi connectivity index (χ3n) is 5.64. The van der Waals surface area contributed by atoms with E-state index in [4.69, 9.17) is 10.1 Å². The summed E-state index contributed by atoms with van der Waals surface area (Å²) in [5.41, 5.74) is 2.97. The fourth-order valence-electron chi connectivity index (χ4n) is 3.65. The summed E-state index contributed by atoms with van der Waals surface area (Å²) in [5, 5.41) is 18.4. The van der Waals surface area contributed by atoms with Gasteiger partial charge >= 0.3 is 0 Å². The largest absolute Gasteiger partial charge is 0.456 e. The second kappa shape index (κ2) is 11.1. The Bertz CT molecular complexity index is 1290. The standard InChI is InChI=1S/C28H33N5O2S/c1-18-11-19(12-27(34)33-20(14-29)15-32-28(2,3)4)5-8-25(18)35-26-9-10-31-24-7-6-21(13-23(24)26)36-22-16-30-17-22/h5-11,13-15,22,29-30,32H,12,16-17H2,1-4H3,(H,33,34)/b20-15+,29-14?. The number of allylic oxidation sites excluding steroid dienone is 1. The van der Waals surface area contributed by atoms with E-state index in [9.17, 15) is 4.79 Å². The normalized spacial score (nSPS) is 14.3. The number of thioether (sulfide) groups is 1. The molecule has 3 aromatic rings. The van der Waals surface area contributed by atoms with Crippen LogP contribution < -0.4 is 20.7 Å². The Morgan fingerprint density at radius 1 is 1.19 bits per heavy atom. The molecule has 0 atom stereocenters. The zero-order valence-electron chi connectivity index (χ0n) is 21.1. The zero-order chi connectivity index (χ0) is 25.7. The van der Waals surface area contributed by atoms with Crippen molar-refractivity contribution < 1.29 is 9.53 Å². The second-order valence-corrected chi connectivity index (χ2v) is 11.3. The summed E-state index contributed by atoms with van der Waals surface area (Å²) in [5.74, 6) is 1.32. The van der Waals surface area contributed by atoms with Crippen LogP contribution in [0.3, 0.4) is 0 Å². The van der Waals surface area contributed by atoms with Crippen LogP contribution in [0.25, 0.3) is 10.9 Å². The lowest BCUT2D eigenvalue weighted by atomic mass is 10.1. The zero-order valence-corrected chi connectivity index (χ0v) is 22.0. The van der Waals surface area contributed by atoms with Gasteiger partial charge in [0, 0.05) is 52.8 Å². The average molecular weight is 504 g/mol. The fraction of sp³-hybridized carbons (Fsp3) is 0.321. The Balaban J connectivity index is 1.45. The predicted octanol–water partition coefficient (Wildman–Crippen LogP) is 4.94. The fourth-order valence-corrected chi connectivity index (χ4v) is 4.77. The summed E-state index contributed by atoms with van der Waals surface area (Å²) in [4.78, 5) is 18.2. The number of ether oxygens (including phenoxy) is 1. The third-order valence-corrected chi connectivity index (χ3v) is 6.84. The molecule has 1 aliphatic rings. The molecule has 8 heteroatoms. The minimum atomic E-state index is -0.180. The molecule has 0 aliphatic carbocycles. The van der Waals surface area contributed by atoms with Gasteiger partial charge in [-0.05, 0) is 69.2 Å². The minimum absolute atomic E-state index is 0.152. The number of benzene rings is 2. The summed E-state index contributed by atoms with van der Waals surface area (Å²) >= 11 is 1.88. The van der Waals surface area contributed by atoms with Gasteiger partial charge in [-0.2, -0.15) is 0 Å². The number of carbonyl (C=O) groups is 1. The quantitative estimate of drug-likeness (QED) is 0.309. The Labute approximate surface area is 216 Å². The van der Waals surface area contributed by atoms with Crippen molar-refractivity contribution in [3.63, 3.8) is 0 Å². The van der Waals surface area contributed by atoms with E-state index in [0.29, 0.717) is 10.9 Å². The van der Waals surface area contributed by atoms with Crippen LogP contribution >= 0.6 is 11.8 Å². The van der Waals surface area contributed by atoms with E-state index in [2.05, 4.69) is 33.1 Å². The molecule has 0 unspecified atom stereocenters. The maximum Gasteiger partial charge on any atom is 0.228 e. The summed E-state index contributed by atoms with van der Waals surface area (Å²) in [6.07, 6.45) is 4.75. The van der Waals surface area contributed by atoms with E-state index in [1.165, 1.54) is 4.90 Å². The molecule has 2 aromatic carbocycles. The highest BCUT2D eigenvalue weighted by Crippen LogP contribution is 2.34. The van der Waals surface area contributed by atoms with Crippen molar-refractivity contribution in [1.82, 2.24) is 20.9 Å². The van der Waals surface area contributed by atoms with Crippen molar-refractivity contribution in [3.8, 4) is 11.5 Å². The Hall–Kier alpha value is -3.36. The first kappa shape index (κ1) is 25.7. The molecule has 188 valence electrons. The number of aromatic nitrogens is 1. The van der Waals surface area contributed by atoms with Crippen molar-refractivity contribution in [2.24, 2.45) is 0 Å². The number of fused-ring (bicyclic) bond motifs is 1. The SMILES string of the molecule is Cc1cc(CC(=O)N/C(C=N)=C/NC(C)(C)C)ccc1Oc1ccnc2ccc(SC3CNC3)cc12. The number of nitrogens with one attached hydrogen (secondary N) is 4. The molecular formula is C28H33N5O2S. The molecule has 0 spiro atoms. The highest BCUT2D eigenvalue weighted by Gasteiger charge is 2.18. The molecule has 1 saturated heterocycles. The van der Waals surface area contributed by atoms with Crippen LogP contribution in [0.15, 0.2) is 65.5 Å². The molecule has 0 bridgehead atoms. The number of hydrogen-bond donors (Lipinski definition) is 4. The first-order valence-electron chi connectivity index (χ1n) is 12.0. The van der Waals surface area contributed by atoms with Gasteiger partial charge in [0.1, 0.15) is 11.5 Å². The van der Waals surface area contributed by atoms with Crippen molar-refractivity contribution in [2.45, 2.75) is 49.8 Å². The Morgan fingerprint density at radius 3 is 2.67 bits per heavy atom. The van der Waals surface area contributed by atoms with Crippen LogP contribution in [-0.4, -0.2) is 41.0 Å². The van der Waals surface area contributed by atoms with Gasteiger partial charge in [0.2, 0.25) is 5.91 Å². The van der Waals surface area contributed by atoms with E-state index >= 15 is 0 Å². The summed E-state index contributed by atoms with van der Waals surface area (Å²) in [6, 6.07) is 14.0. The van der Waals surface area contributed by atoms with Crippen LogP contribution in [0.4, 0.5) is 0 Å². The summed E-state index contributed by atoms with van der Waals surface area (Å²) in [7, 11) is 0. The molecule has 4 N–H and O–H groups in total. The molecule has 0 saturated carbocycles. The number of nitrogens with zero attached hydrogens (tertiary/aromatic N) is 1. The van der Waals surface area contributed by atoms with E-state index in [-0.39, 0.29) is 17.9 Å². The minimum Gasteiger partial charge on any atom is -0.456 e. The summed E-state index contributed by atoms with van der Waals surface area (Å²) in [6.45, 7) is 10.1. The molecule has 36 heavy (non-hydrogen) atoms. The van der Waals surface area contributed by atoms with E-state index < -0.39 is 0 Å². The molecule has 1 aromatic heterocycles. The molecule has 7 nitrogen and oxygen atoms in total. The number of aryl methyl sites for hydroxylation is 1. The monoisotopic (exact) mass is 503 g/mol. The number of hydrogen-bond acceptors (Lipinski definition) is 7. The van der Waals surface area contributed by atoms with E-state index in [0.717, 1.165) is 52.8 Å². The van der Waals surface area contributed by atoms with Crippen molar-refractivity contribution in [3.05, 3.63) is 71.7 Å². The van der Waals surface area contributed by atoms with Gasteiger partial charge < -0.3 is 26.1 Å². The van der Waals surface area contributed by atoms with Crippen LogP contribution in [0, 0.1) is 12.3 Å². The lowest BCUT2D eigenvalue weighted by molar-refractivity contribution is -0.119. The third kappa shape index (κ3) is 6.86.